The molecule has 1 amide bonds. The van der Waals surface area contributed by atoms with E-state index in [1.807, 2.05) is 5.32 Å². The molecule has 11 heteroatoms. The first-order chi connectivity index (χ1) is 16.5. The summed E-state index contributed by atoms with van der Waals surface area (Å²) in [6.45, 7) is 1.30. The van der Waals surface area contributed by atoms with Crippen molar-refractivity contribution in [3.8, 4) is 11.4 Å². The SMILES string of the molecule is C[C@H](NC(=O)C(F)(F)F)[C@@H](Oc1ccc2c(cnn2-c2ccc(F)cc2)c1)c1cc(F)cc(Cl)c1. The van der Waals surface area contributed by atoms with Gasteiger partial charge in [-0.05, 0) is 73.2 Å². The molecule has 0 fully saturated rings. The lowest BCUT2D eigenvalue weighted by atomic mass is 10.0. The van der Waals surface area contributed by atoms with Crippen LogP contribution in [0.1, 0.15) is 18.6 Å². The minimum atomic E-state index is -5.10. The standard InChI is InChI=1S/C24H17ClF5N3O2/c1-13(32-23(34)24(28,29)30)22(14-8-16(25)11-18(27)9-14)35-20-6-7-21-15(10-20)12-31-33(21)19-4-2-17(26)3-5-19/h2-13,22H,1H3,(H,32,34)/t13-,22+/m0/s1. The number of alkyl halides is 3. The third-order valence-corrected chi connectivity index (χ3v) is 5.38. The Hall–Kier alpha value is -3.66. The van der Waals surface area contributed by atoms with Gasteiger partial charge in [-0.15, -0.1) is 0 Å². The smallest absolute Gasteiger partial charge is 0.471 e. The number of carbonyl (C=O) groups is 1. The zero-order valence-corrected chi connectivity index (χ0v) is 18.7. The van der Waals surface area contributed by atoms with Crippen LogP contribution in [0.4, 0.5) is 22.0 Å². The zero-order valence-electron chi connectivity index (χ0n) is 18.0. The molecule has 1 heterocycles. The predicted octanol–water partition coefficient (Wildman–Crippen LogP) is 6.14. The number of aromatic nitrogens is 2. The molecule has 0 aliphatic heterocycles. The first-order valence-electron chi connectivity index (χ1n) is 10.3. The van der Waals surface area contributed by atoms with Gasteiger partial charge in [0.2, 0.25) is 0 Å². The second kappa shape index (κ2) is 9.53. The molecule has 0 saturated heterocycles. The predicted molar refractivity (Wildman–Crippen MR) is 119 cm³/mol. The van der Waals surface area contributed by atoms with Crippen LogP contribution in [0.15, 0.2) is 66.9 Å². The van der Waals surface area contributed by atoms with Crippen LogP contribution in [-0.4, -0.2) is 27.9 Å². The molecule has 4 aromatic rings. The Bertz CT molecular complexity index is 1350. The van der Waals surface area contributed by atoms with Crippen LogP contribution < -0.4 is 10.1 Å². The number of hydrogen-bond acceptors (Lipinski definition) is 3. The molecule has 4 rings (SSSR count). The molecule has 0 unspecified atom stereocenters. The Morgan fingerprint density at radius 2 is 1.74 bits per heavy atom. The minimum Gasteiger partial charge on any atom is -0.484 e. The van der Waals surface area contributed by atoms with Crippen molar-refractivity contribution in [3.05, 3.63) is 89.1 Å². The summed E-state index contributed by atoms with van der Waals surface area (Å²) in [4.78, 5) is 11.5. The number of ether oxygens (including phenoxy) is 1. The first-order valence-corrected chi connectivity index (χ1v) is 10.6. The average Bonchev–Trinajstić information content (AvgIpc) is 3.19. The third-order valence-electron chi connectivity index (χ3n) is 5.16. The van der Waals surface area contributed by atoms with Crippen molar-refractivity contribution in [1.82, 2.24) is 15.1 Å². The summed E-state index contributed by atoms with van der Waals surface area (Å²) in [6.07, 6.45) is -4.78. The fourth-order valence-electron chi connectivity index (χ4n) is 3.58. The van der Waals surface area contributed by atoms with Crippen LogP contribution in [0.2, 0.25) is 5.02 Å². The molecule has 35 heavy (non-hydrogen) atoms. The van der Waals surface area contributed by atoms with E-state index in [2.05, 4.69) is 5.10 Å². The monoisotopic (exact) mass is 509 g/mol. The van der Waals surface area contributed by atoms with Crippen molar-refractivity contribution in [2.75, 3.05) is 0 Å². The van der Waals surface area contributed by atoms with Gasteiger partial charge in [0.1, 0.15) is 23.5 Å². The second-order valence-corrected chi connectivity index (χ2v) is 8.19. The van der Waals surface area contributed by atoms with Gasteiger partial charge in [0.25, 0.3) is 0 Å². The number of halogens is 6. The lowest BCUT2D eigenvalue weighted by Gasteiger charge is -2.27. The summed E-state index contributed by atoms with van der Waals surface area (Å²) in [7, 11) is 0. The molecule has 0 radical (unpaired) electrons. The van der Waals surface area contributed by atoms with E-state index in [0.717, 1.165) is 12.1 Å². The van der Waals surface area contributed by atoms with E-state index in [1.54, 1.807) is 35.0 Å². The lowest BCUT2D eigenvalue weighted by Crippen LogP contribution is -2.45. The summed E-state index contributed by atoms with van der Waals surface area (Å²) in [5, 5.41) is 6.76. The van der Waals surface area contributed by atoms with Gasteiger partial charge in [0.05, 0.1) is 23.4 Å². The molecule has 0 aliphatic rings. The van der Waals surface area contributed by atoms with E-state index in [4.69, 9.17) is 16.3 Å². The maximum Gasteiger partial charge on any atom is 0.471 e. The molecule has 0 saturated carbocycles. The normalized spacial score (nSPS) is 13.5. The topological polar surface area (TPSA) is 56.1 Å². The molecule has 0 spiro atoms. The van der Waals surface area contributed by atoms with Crippen LogP contribution in [-0.2, 0) is 4.79 Å². The van der Waals surface area contributed by atoms with Gasteiger partial charge in [0, 0.05) is 10.4 Å². The van der Waals surface area contributed by atoms with Crippen LogP contribution in [0, 0.1) is 11.6 Å². The number of nitrogens with one attached hydrogen (secondary N) is 1. The molecule has 0 bridgehead atoms. The van der Waals surface area contributed by atoms with Crippen LogP contribution in [0.3, 0.4) is 0 Å². The number of benzene rings is 3. The fraction of sp³-hybridized carbons (Fsp3) is 0.167. The molecule has 1 aromatic heterocycles. The highest BCUT2D eigenvalue weighted by Crippen LogP contribution is 2.31. The van der Waals surface area contributed by atoms with Crippen molar-refractivity contribution in [3.63, 3.8) is 0 Å². The summed E-state index contributed by atoms with van der Waals surface area (Å²) >= 11 is 5.93. The van der Waals surface area contributed by atoms with Crippen LogP contribution in [0.25, 0.3) is 16.6 Å². The average molecular weight is 510 g/mol. The Labute approximate surface area is 201 Å². The van der Waals surface area contributed by atoms with Crippen molar-refractivity contribution < 1.29 is 31.5 Å². The zero-order chi connectivity index (χ0) is 25.3. The van der Waals surface area contributed by atoms with E-state index >= 15 is 0 Å². The Balaban J connectivity index is 1.67. The summed E-state index contributed by atoms with van der Waals surface area (Å²) < 4.78 is 73.2. The molecule has 0 aliphatic carbocycles. The fourth-order valence-corrected chi connectivity index (χ4v) is 3.81. The Kier molecular flexibility index (Phi) is 6.66. The maximum absolute atomic E-state index is 14.0. The van der Waals surface area contributed by atoms with Crippen LogP contribution >= 0.6 is 11.6 Å². The van der Waals surface area contributed by atoms with Crippen LogP contribution in [0.5, 0.6) is 5.75 Å². The summed E-state index contributed by atoms with van der Waals surface area (Å²) in [5.74, 6) is -3.03. The lowest BCUT2D eigenvalue weighted by molar-refractivity contribution is -0.174. The van der Waals surface area contributed by atoms with Gasteiger partial charge in [-0.25, -0.2) is 13.5 Å². The van der Waals surface area contributed by atoms with Gasteiger partial charge in [-0.3, -0.25) is 4.79 Å². The molecule has 2 atom stereocenters. The highest BCUT2D eigenvalue weighted by atomic mass is 35.5. The summed E-state index contributed by atoms with van der Waals surface area (Å²) in [6, 6.07) is 12.8. The number of hydrogen-bond donors (Lipinski definition) is 1. The van der Waals surface area contributed by atoms with Crippen molar-refractivity contribution in [2.45, 2.75) is 25.2 Å². The molecule has 3 aromatic carbocycles. The Morgan fingerprint density at radius 3 is 2.40 bits per heavy atom. The van der Waals surface area contributed by atoms with Gasteiger partial charge in [0.15, 0.2) is 0 Å². The second-order valence-electron chi connectivity index (χ2n) is 7.75. The van der Waals surface area contributed by atoms with Crippen molar-refractivity contribution >= 4 is 28.4 Å². The van der Waals surface area contributed by atoms with E-state index in [0.29, 0.717) is 16.6 Å². The van der Waals surface area contributed by atoms with Crippen molar-refractivity contribution in [1.29, 1.82) is 0 Å². The Morgan fingerprint density at radius 1 is 1.03 bits per heavy atom. The van der Waals surface area contributed by atoms with Crippen molar-refractivity contribution in [2.24, 2.45) is 0 Å². The largest absolute Gasteiger partial charge is 0.484 e. The summed E-state index contributed by atoms with van der Waals surface area (Å²) in [5.41, 5.74) is 1.41. The van der Waals surface area contributed by atoms with Gasteiger partial charge in [-0.2, -0.15) is 18.3 Å². The van der Waals surface area contributed by atoms with E-state index in [9.17, 15) is 26.7 Å². The van der Waals surface area contributed by atoms with E-state index in [1.165, 1.54) is 31.3 Å². The number of nitrogens with zero attached hydrogens (tertiary/aromatic N) is 2. The van der Waals surface area contributed by atoms with E-state index in [-0.39, 0.29) is 16.3 Å². The molecule has 1 N–H and O–H groups in total. The highest BCUT2D eigenvalue weighted by Gasteiger charge is 2.40. The quantitative estimate of drug-likeness (QED) is 0.317. The molecular formula is C24H17ClF5N3O2. The number of amides is 1. The first kappa shape index (κ1) is 24.5. The molecule has 5 nitrogen and oxygen atoms in total. The molecular weight excluding hydrogens is 493 g/mol. The minimum absolute atomic E-state index is 0.0129. The van der Waals surface area contributed by atoms with Gasteiger partial charge >= 0.3 is 12.1 Å². The molecule has 182 valence electrons. The number of carbonyl (C=O) groups excluding carboxylic acids is 1. The highest BCUT2D eigenvalue weighted by molar-refractivity contribution is 6.30. The third kappa shape index (κ3) is 5.54. The van der Waals surface area contributed by atoms with E-state index < -0.39 is 35.9 Å². The maximum atomic E-state index is 14.0. The van der Waals surface area contributed by atoms with Gasteiger partial charge in [-0.1, -0.05) is 11.6 Å². The van der Waals surface area contributed by atoms with Gasteiger partial charge < -0.3 is 10.1 Å². The number of fused-ring (bicyclic) bond motifs is 1. The number of rotatable bonds is 6.